The SMILES string of the molecule is COCCNC(=O)CN(C)C(=O)c1cccnc1OCC(F)(F)F. The number of hydrogen-bond acceptors (Lipinski definition) is 5. The maximum absolute atomic E-state index is 12.3. The highest BCUT2D eigenvalue weighted by Crippen LogP contribution is 2.20. The first-order chi connectivity index (χ1) is 11.2. The van der Waals surface area contributed by atoms with Gasteiger partial charge in [0.05, 0.1) is 13.2 Å². The highest BCUT2D eigenvalue weighted by Gasteiger charge is 2.30. The second-order valence-corrected chi connectivity index (χ2v) is 4.76. The maximum atomic E-state index is 12.3. The molecule has 0 aliphatic carbocycles. The quantitative estimate of drug-likeness (QED) is 0.704. The van der Waals surface area contributed by atoms with E-state index in [0.717, 1.165) is 4.90 Å². The summed E-state index contributed by atoms with van der Waals surface area (Å²) in [5.74, 6) is -1.54. The number of amides is 2. The second kappa shape index (κ2) is 9.06. The molecule has 1 rings (SSSR count). The van der Waals surface area contributed by atoms with Crippen LogP contribution in [0, 0.1) is 0 Å². The molecule has 0 spiro atoms. The van der Waals surface area contributed by atoms with E-state index in [4.69, 9.17) is 4.74 Å². The molecule has 0 fully saturated rings. The largest absolute Gasteiger partial charge is 0.467 e. The van der Waals surface area contributed by atoms with Gasteiger partial charge in [-0.2, -0.15) is 13.2 Å². The first kappa shape index (κ1) is 19.7. The Morgan fingerprint density at radius 3 is 2.71 bits per heavy atom. The van der Waals surface area contributed by atoms with Crippen molar-refractivity contribution < 1.29 is 32.2 Å². The normalized spacial score (nSPS) is 11.0. The molecular weight excluding hydrogens is 331 g/mol. The Morgan fingerprint density at radius 1 is 1.38 bits per heavy atom. The summed E-state index contributed by atoms with van der Waals surface area (Å²) >= 11 is 0. The summed E-state index contributed by atoms with van der Waals surface area (Å²) in [6.07, 6.45) is -3.34. The molecule has 0 saturated heterocycles. The fourth-order valence-corrected chi connectivity index (χ4v) is 1.66. The molecule has 24 heavy (non-hydrogen) atoms. The van der Waals surface area contributed by atoms with E-state index in [1.54, 1.807) is 0 Å². The molecule has 1 heterocycles. The number of methoxy groups -OCH3 is 1. The van der Waals surface area contributed by atoms with Crippen LogP contribution in [-0.4, -0.2) is 68.3 Å². The van der Waals surface area contributed by atoms with Crippen molar-refractivity contribution in [3.05, 3.63) is 23.9 Å². The van der Waals surface area contributed by atoms with E-state index in [0.29, 0.717) is 6.61 Å². The Morgan fingerprint density at radius 2 is 2.08 bits per heavy atom. The van der Waals surface area contributed by atoms with Crippen molar-refractivity contribution in [3.63, 3.8) is 0 Å². The van der Waals surface area contributed by atoms with E-state index in [9.17, 15) is 22.8 Å². The van der Waals surface area contributed by atoms with Crippen molar-refractivity contribution in [2.24, 2.45) is 0 Å². The summed E-state index contributed by atoms with van der Waals surface area (Å²) in [6, 6.07) is 2.67. The van der Waals surface area contributed by atoms with Gasteiger partial charge in [-0.05, 0) is 12.1 Å². The number of carbonyl (C=O) groups excluding carboxylic acids is 2. The molecular formula is C14H18F3N3O4. The average molecular weight is 349 g/mol. The number of likely N-dealkylation sites (N-methyl/N-ethyl adjacent to an activating group) is 1. The van der Waals surface area contributed by atoms with Crippen LogP contribution in [-0.2, 0) is 9.53 Å². The maximum Gasteiger partial charge on any atom is 0.422 e. The van der Waals surface area contributed by atoms with Gasteiger partial charge in [-0.1, -0.05) is 0 Å². The molecule has 0 atom stereocenters. The van der Waals surface area contributed by atoms with Gasteiger partial charge in [-0.15, -0.1) is 0 Å². The smallest absolute Gasteiger partial charge is 0.422 e. The number of hydrogen-bond donors (Lipinski definition) is 1. The topological polar surface area (TPSA) is 80.8 Å². The molecule has 0 unspecified atom stereocenters. The molecule has 0 aliphatic rings. The molecule has 1 aromatic rings. The summed E-state index contributed by atoms with van der Waals surface area (Å²) in [5.41, 5.74) is -0.158. The van der Waals surface area contributed by atoms with Gasteiger partial charge in [0.25, 0.3) is 5.91 Å². The fraction of sp³-hybridized carbons (Fsp3) is 0.500. The molecule has 0 radical (unpaired) electrons. The highest BCUT2D eigenvalue weighted by atomic mass is 19.4. The zero-order valence-corrected chi connectivity index (χ0v) is 13.2. The Bertz CT molecular complexity index is 566. The molecule has 0 bridgehead atoms. The first-order valence-corrected chi connectivity index (χ1v) is 6.90. The minimum atomic E-state index is -4.55. The third-order valence-corrected chi connectivity index (χ3v) is 2.73. The number of pyridine rings is 1. The number of halogens is 3. The number of nitrogens with zero attached hydrogens (tertiary/aromatic N) is 2. The lowest BCUT2D eigenvalue weighted by Gasteiger charge is -2.18. The minimum absolute atomic E-state index is 0.158. The summed E-state index contributed by atoms with van der Waals surface area (Å²) in [4.78, 5) is 28.6. The third-order valence-electron chi connectivity index (χ3n) is 2.73. The van der Waals surface area contributed by atoms with Crippen LogP contribution in [0.5, 0.6) is 5.88 Å². The van der Waals surface area contributed by atoms with E-state index in [-0.39, 0.29) is 18.7 Å². The van der Waals surface area contributed by atoms with Gasteiger partial charge >= 0.3 is 6.18 Å². The Balaban J connectivity index is 2.71. The highest BCUT2D eigenvalue weighted by molar-refractivity contribution is 5.98. The van der Waals surface area contributed by atoms with Crippen LogP contribution < -0.4 is 10.1 Å². The van der Waals surface area contributed by atoms with Crippen molar-refractivity contribution in [1.82, 2.24) is 15.2 Å². The molecule has 10 heteroatoms. The van der Waals surface area contributed by atoms with Gasteiger partial charge in [0.2, 0.25) is 11.8 Å². The Kier molecular flexibility index (Phi) is 7.43. The minimum Gasteiger partial charge on any atom is -0.467 e. The van der Waals surface area contributed by atoms with Crippen LogP contribution in [0.3, 0.4) is 0 Å². The van der Waals surface area contributed by atoms with Crippen molar-refractivity contribution in [2.75, 3.05) is 40.5 Å². The van der Waals surface area contributed by atoms with E-state index in [1.165, 1.54) is 32.5 Å². The monoisotopic (exact) mass is 349 g/mol. The van der Waals surface area contributed by atoms with Crippen LogP contribution in [0.25, 0.3) is 0 Å². The van der Waals surface area contributed by atoms with Crippen LogP contribution in [0.4, 0.5) is 13.2 Å². The van der Waals surface area contributed by atoms with Crippen LogP contribution >= 0.6 is 0 Å². The van der Waals surface area contributed by atoms with Crippen LogP contribution in [0.1, 0.15) is 10.4 Å². The number of nitrogens with one attached hydrogen (secondary N) is 1. The second-order valence-electron chi connectivity index (χ2n) is 4.76. The molecule has 0 aromatic carbocycles. The molecule has 1 aromatic heterocycles. The van der Waals surface area contributed by atoms with E-state index in [2.05, 4.69) is 15.0 Å². The molecule has 0 aliphatic heterocycles. The van der Waals surface area contributed by atoms with Gasteiger partial charge in [-0.3, -0.25) is 9.59 Å². The molecule has 2 amide bonds. The summed E-state index contributed by atoms with van der Waals surface area (Å²) < 4.78 is 46.1. The fourth-order valence-electron chi connectivity index (χ4n) is 1.66. The first-order valence-electron chi connectivity index (χ1n) is 6.90. The van der Waals surface area contributed by atoms with Gasteiger partial charge in [0, 0.05) is 26.9 Å². The number of rotatable bonds is 8. The summed E-state index contributed by atoms with van der Waals surface area (Å²) in [7, 11) is 2.82. The Hall–Kier alpha value is -2.36. The van der Waals surface area contributed by atoms with Gasteiger partial charge < -0.3 is 19.7 Å². The molecule has 134 valence electrons. The third kappa shape index (κ3) is 6.82. The van der Waals surface area contributed by atoms with Gasteiger partial charge in [-0.25, -0.2) is 4.98 Å². The zero-order valence-electron chi connectivity index (χ0n) is 13.2. The molecule has 1 N–H and O–H groups in total. The summed E-state index contributed by atoms with van der Waals surface area (Å²) in [6.45, 7) is -1.23. The Labute approximate surface area is 136 Å². The number of carbonyl (C=O) groups is 2. The zero-order chi connectivity index (χ0) is 18.2. The lowest BCUT2D eigenvalue weighted by atomic mass is 10.2. The van der Waals surface area contributed by atoms with Crippen LogP contribution in [0.15, 0.2) is 18.3 Å². The lowest BCUT2D eigenvalue weighted by Crippen LogP contribution is -2.39. The van der Waals surface area contributed by atoms with Crippen molar-refractivity contribution in [2.45, 2.75) is 6.18 Å². The van der Waals surface area contributed by atoms with Gasteiger partial charge in [0.1, 0.15) is 5.56 Å². The van der Waals surface area contributed by atoms with E-state index >= 15 is 0 Å². The number of aromatic nitrogens is 1. The standard InChI is InChI=1S/C14H18F3N3O4/c1-20(8-11(21)18-6-7-23-2)13(22)10-4-3-5-19-12(10)24-9-14(15,16)17/h3-5H,6-9H2,1-2H3,(H,18,21). The van der Waals surface area contributed by atoms with Crippen LogP contribution in [0.2, 0.25) is 0 Å². The van der Waals surface area contributed by atoms with Crippen molar-refractivity contribution in [1.29, 1.82) is 0 Å². The van der Waals surface area contributed by atoms with Crippen molar-refractivity contribution >= 4 is 11.8 Å². The number of alkyl halides is 3. The molecule has 0 saturated carbocycles. The predicted octanol–water partition coefficient (Wildman–Crippen LogP) is 0.857. The molecule has 7 nitrogen and oxygen atoms in total. The van der Waals surface area contributed by atoms with E-state index in [1.807, 2.05) is 0 Å². The predicted molar refractivity (Wildman–Crippen MR) is 77.6 cm³/mol. The average Bonchev–Trinajstić information content (AvgIpc) is 2.52. The van der Waals surface area contributed by atoms with Crippen molar-refractivity contribution in [3.8, 4) is 5.88 Å². The number of ether oxygens (including phenoxy) is 2. The lowest BCUT2D eigenvalue weighted by molar-refractivity contribution is -0.154. The summed E-state index contributed by atoms with van der Waals surface area (Å²) in [5, 5.41) is 2.53. The van der Waals surface area contributed by atoms with E-state index < -0.39 is 30.5 Å². The van der Waals surface area contributed by atoms with Gasteiger partial charge in [0.15, 0.2) is 6.61 Å².